The molecule has 0 bridgehead atoms. The number of rotatable bonds is 25. The molecule has 3 rings (SSSR count). The summed E-state index contributed by atoms with van der Waals surface area (Å²) >= 11 is 0. The second kappa shape index (κ2) is 22.9. The quantitative estimate of drug-likeness (QED) is 0.117. The lowest BCUT2D eigenvalue weighted by Crippen LogP contribution is -2.38. The fourth-order valence-electron chi connectivity index (χ4n) is 4.88. The first-order valence-corrected chi connectivity index (χ1v) is 16.8. The zero-order valence-corrected chi connectivity index (χ0v) is 29.0. The van der Waals surface area contributed by atoms with Crippen LogP contribution in [0.3, 0.4) is 0 Å². The highest BCUT2D eigenvalue weighted by molar-refractivity contribution is 5.82. The molecule has 0 aliphatic heterocycles. The minimum Gasteiger partial charge on any atom is -0.460 e. The summed E-state index contributed by atoms with van der Waals surface area (Å²) in [5, 5.41) is 5.19. The van der Waals surface area contributed by atoms with Crippen LogP contribution in [-0.4, -0.2) is 123 Å². The molecular formula is C36H52N2O11. The zero-order valence-electron chi connectivity index (χ0n) is 29.0. The van der Waals surface area contributed by atoms with Crippen molar-refractivity contribution in [2.75, 3.05) is 99.0 Å². The van der Waals surface area contributed by atoms with E-state index in [9.17, 15) is 14.4 Å². The normalized spacial score (nSPS) is 12.3. The second-order valence-electron chi connectivity index (χ2n) is 12.0. The monoisotopic (exact) mass is 688 g/mol. The minimum atomic E-state index is -0.639. The Morgan fingerprint density at radius 1 is 0.612 bits per heavy atom. The first-order chi connectivity index (χ1) is 23.7. The number of hydrogen-bond donors (Lipinski definition) is 2. The molecule has 0 atom stereocenters. The average Bonchev–Trinajstić information content (AvgIpc) is 3.39. The smallest absolute Gasteiger partial charge is 0.407 e. The largest absolute Gasteiger partial charge is 0.460 e. The highest BCUT2D eigenvalue weighted by atomic mass is 16.6. The van der Waals surface area contributed by atoms with Gasteiger partial charge < -0.3 is 48.5 Å². The first-order valence-electron chi connectivity index (χ1n) is 16.8. The van der Waals surface area contributed by atoms with Gasteiger partial charge in [0.1, 0.15) is 12.2 Å². The van der Waals surface area contributed by atoms with Crippen LogP contribution in [0.2, 0.25) is 0 Å². The highest BCUT2D eigenvalue weighted by Gasteiger charge is 2.29. The van der Waals surface area contributed by atoms with Gasteiger partial charge in [0.2, 0.25) is 5.91 Å². The molecule has 49 heavy (non-hydrogen) atoms. The number of hydrogen-bond acceptors (Lipinski definition) is 11. The molecule has 1 aliphatic carbocycles. The van der Waals surface area contributed by atoms with E-state index in [1.807, 2.05) is 45.0 Å². The maximum Gasteiger partial charge on any atom is 0.407 e. The molecular weight excluding hydrogens is 636 g/mol. The lowest BCUT2D eigenvalue weighted by Gasteiger charge is -2.19. The Morgan fingerprint density at radius 3 is 1.55 bits per heavy atom. The molecule has 0 saturated carbocycles. The molecule has 0 spiro atoms. The molecule has 272 valence electrons. The van der Waals surface area contributed by atoms with E-state index in [0.29, 0.717) is 85.8 Å². The van der Waals surface area contributed by atoms with Gasteiger partial charge in [0.05, 0.1) is 92.2 Å². The van der Waals surface area contributed by atoms with Crippen molar-refractivity contribution in [3.63, 3.8) is 0 Å². The molecule has 2 aromatic rings. The van der Waals surface area contributed by atoms with Crippen molar-refractivity contribution < 1.29 is 52.3 Å². The number of alkyl carbamates (subject to hydrolysis) is 1. The molecule has 2 aromatic carbocycles. The standard InChI is InChI=1S/C36H52N2O11/c1-36(2,3)49-34(40)12-14-42-16-18-44-20-22-46-24-25-47-23-21-45-19-17-43-15-13-37-33(39)26-38-35(41)48-27-32-30-10-6-4-8-28(30)29-9-5-7-11-31(29)32/h4-11,32H,12-27H2,1-3H3,(H,37,39)(H,38,41). The van der Waals surface area contributed by atoms with Crippen LogP contribution >= 0.6 is 0 Å². The van der Waals surface area contributed by atoms with Gasteiger partial charge in [-0.25, -0.2) is 4.79 Å². The Morgan fingerprint density at radius 2 is 1.06 bits per heavy atom. The van der Waals surface area contributed by atoms with Gasteiger partial charge in [-0.05, 0) is 43.0 Å². The van der Waals surface area contributed by atoms with Crippen molar-refractivity contribution in [1.82, 2.24) is 10.6 Å². The lowest BCUT2D eigenvalue weighted by molar-refractivity contribution is -0.156. The topological polar surface area (TPSA) is 149 Å². The number of carbonyl (C=O) groups excluding carboxylic acids is 3. The lowest BCUT2D eigenvalue weighted by atomic mass is 9.98. The van der Waals surface area contributed by atoms with Gasteiger partial charge in [0, 0.05) is 12.5 Å². The van der Waals surface area contributed by atoms with E-state index in [0.717, 1.165) is 22.3 Å². The number of carbonyl (C=O) groups is 3. The zero-order chi connectivity index (χ0) is 35.2. The Kier molecular flexibility index (Phi) is 18.6. The van der Waals surface area contributed by atoms with Crippen LogP contribution in [0, 0.1) is 0 Å². The molecule has 13 heteroatoms. The summed E-state index contributed by atoms with van der Waals surface area (Å²) in [6.45, 7) is 10.7. The van der Waals surface area contributed by atoms with Crippen LogP contribution in [0.5, 0.6) is 0 Å². The SMILES string of the molecule is CC(C)(C)OC(=O)CCOCCOCCOCCOCCOCCOCCNC(=O)CNC(=O)OCC1c2ccccc2-c2ccccc21. The van der Waals surface area contributed by atoms with Crippen LogP contribution in [0.4, 0.5) is 4.79 Å². The molecule has 2 amide bonds. The van der Waals surface area contributed by atoms with Gasteiger partial charge in [-0.1, -0.05) is 48.5 Å². The third-order valence-electron chi connectivity index (χ3n) is 7.04. The van der Waals surface area contributed by atoms with Crippen molar-refractivity contribution in [1.29, 1.82) is 0 Å². The van der Waals surface area contributed by atoms with E-state index in [1.54, 1.807) is 0 Å². The molecule has 13 nitrogen and oxygen atoms in total. The van der Waals surface area contributed by atoms with Gasteiger partial charge in [0.25, 0.3) is 0 Å². The number of amides is 2. The van der Waals surface area contributed by atoms with Crippen molar-refractivity contribution in [3.8, 4) is 11.1 Å². The Bertz CT molecular complexity index is 1220. The summed E-state index contributed by atoms with van der Waals surface area (Å²) < 4.78 is 43.3. The molecule has 0 radical (unpaired) electrons. The van der Waals surface area contributed by atoms with Crippen LogP contribution < -0.4 is 10.6 Å². The number of esters is 1. The predicted molar refractivity (Wildman–Crippen MR) is 181 cm³/mol. The van der Waals surface area contributed by atoms with E-state index in [4.69, 9.17) is 37.9 Å². The molecule has 1 aliphatic rings. The van der Waals surface area contributed by atoms with Crippen molar-refractivity contribution in [2.45, 2.75) is 38.7 Å². The summed E-state index contributed by atoms with van der Waals surface area (Å²) in [6, 6.07) is 16.2. The minimum absolute atomic E-state index is 0.0404. The number of benzene rings is 2. The van der Waals surface area contributed by atoms with Crippen LogP contribution in [-0.2, 0) is 47.5 Å². The molecule has 0 aromatic heterocycles. The van der Waals surface area contributed by atoms with Gasteiger partial charge in [0.15, 0.2) is 0 Å². The van der Waals surface area contributed by atoms with Crippen molar-refractivity contribution in [3.05, 3.63) is 59.7 Å². The Balaban J connectivity index is 1.03. The third kappa shape index (κ3) is 16.6. The van der Waals surface area contributed by atoms with E-state index in [-0.39, 0.29) is 37.4 Å². The van der Waals surface area contributed by atoms with Crippen LogP contribution in [0.25, 0.3) is 11.1 Å². The molecule has 0 saturated heterocycles. The maximum absolute atomic E-state index is 12.2. The number of ether oxygens (including phenoxy) is 8. The third-order valence-corrected chi connectivity index (χ3v) is 7.04. The van der Waals surface area contributed by atoms with E-state index < -0.39 is 11.7 Å². The molecule has 0 fully saturated rings. The van der Waals surface area contributed by atoms with Gasteiger partial charge in [-0.3, -0.25) is 9.59 Å². The second-order valence-corrected chi connectivity index (χ2v) is 12.0. The fraction of sp³-hybridized carbons (Fsp3) is 0.583. The number of fused-ring (bicyclic) bond motifs is 3. The molecule has 2 N–H and O–H groups in total. The van der Waals surface area contributed by atoms with Crippen molar-refractivity contribution >= 4 is 18.0 Å². The summed E-state index contributed by atoms with van der Waals surface area (Å²) in [5.41, 5.74) is 4.08. The first kappa shape index (κ1) is 39.8. The predicted octanol–water partition coefficient (Wildman–Crippen LogP) is 3.47. The maximum atomic E-state index is 12.2. The van der Waals surface area contributed by atoms with Crippen LogP contribution in [0.1, 0.15) is 44.2 Å². The summed E-state index contributed by atoms with van der Waals surface area (Å²) in [7, 11) is 0. The van der Waals surface area contributed by atoms with Crippen molar-refractivity contribution in [2.24, 2.45) is 0 Å². The molecule has 0 heterocycles. The highest BCUT2D eigenvalue weighted by Crippen LogP contribution is 2.44. The Hall–Kier alpha value is -3.59. The fourth-order valence-corrected chi connectivity index (χ4v) is 4.88. The molecule has 0 unspecified atom stereocenters. The summed E-state index contributed by atoms with van der Waals surface area (Å²) in [5.74, 6) is -0.650. The van der Waals surface area contributed by atoms with Crippen LogP contribution in [0.15, 0.2) is 48.5 Å². The Labute approximate surface area is 289 Å². The average molecular weight is 689 g/mol. The number of nitrogens with one attached hydrogen (secondary N) is 2. The van der Waals surface area contributed by atoms with E-state index in [1.165, 1.54) is 0 Å². The van der Waals surface area contributed by atoms with Gasteiger partial charge in [-0.15, -0.1) is 0 Å². The van der Waals surface area contributed by atoms with Gasteiger partial charge >= 0.3 is 12.1 Å². The van der Waals surface area contributed by atoms with E-state index >= 15 is 0 Å². The summed E-state index contributed by atoms with van der Waals surface area (Å²) in [6.07, 6.45) is -0.420. The van der Waals surface area contributed by atoms with Gasteiger partial charge in [-0.2, -0.15) is 0 Å². The summed E-state index contributed by atoms with van der Waals surface area (Å²) in [4.78, 5) is 35.9. The van der Waals surface area contributed by atoms with E-state index in [2.05, 4.69) is 34.9 Å².